The molecule has 0 aliphatic heterocycles. The normalized spacial score (nSPS) is 11.8. The molecule has 0 unspecified atom stereocenters. The Hall–Kier alpha value is -4.86. The van der Waals surface area contributed by atoms with Crippen LogP contribution < -0.4 is 0 Å². The van der Waals surface area contributed by atoms with E-state index in [4.69, 9.17) is 0 Å². The Kier molecular flexibility index (Phi) is 14.2. The third-order valence-corrected chi connectivity index (χ3v) is 5.35. The van der Waals surface area contributed by atoms with Gasteiger partial charge in [-0.25, -0.2) is 26.3 Å². The number of hydrogen-bond donors (Lipinski definition) is 0. The first-order valence-electron chi connectivity index (χ1n) is 13.3. The minimum atomic E-state index is -10.7. The number of nitrogens with zero attached hydrogens (tertiary/aromatic N) is 4. The van der Waals surface area contributed by atoms with E-state index in [1.54, 1.807) is 0 Å². The summed E-state index contributed by atoms with van der Waals surface area (Å²) < 4.78 is 161. The van der Waals surface area contributed by atoms with Crippen molar-refractivity contribution in [3.05, 3.63) is 156 Å². The first kappa shape index (κ1) is 43.3. The summed E-state index contributed by atoms with van der Waals surface area (Å²) in [4.78, 5) is 15.1. The Balaban J connectivity index is 0.000000246. The summed E-state index contributed by atoms with van der Waals surface area (Å²) in [6.07, 6.45) is 4.58. The number of aromatic nitrogens is 4. The maximum absolute atomic E-state index is 13.2. The van der Waals surface area contributed by atoms with Crippen molar-refractivity contribution in [3.8, 4) is 33.9 Å². The van der Waals surface area contributed by atoms with E-state index in [2.05, 4.69) is 32.1 Å². The molecule has 0 amide bonds. The molecule has 0 fully saturated rings. The van der Waals surface area contributed by atoms with Crippen LogP contribution >= 0.6 is 7.81 Å². The van der Waals surface area contributed by atoms with Gasteiger partial charge in [-0.1, -0.05) is 29.8 Å². The molecule has 0 radical (unpaired) electrons. The summed E-state index contributed by atoms with van der Waals surface area (Å²) in [5, 5.41) is 0. The molecule has 0 N–H and O–H groups in total. The van der Waals surface area contributed by atoms with Crippen molar-refractivity contribution >= 4 is 7.81 Å². The zero-order chi connectivity index (χ0) is 38.0. The van der Waals surface area contributed by atoms with Crippen LogP contribution in [0, 0.1) is 58.7 Å². The maximum atomic E-state index is 13.2. The minimum Gasteiger partial charge on any atom is -0.302 e. The molecule has 0 atom stereocenters. The SMILES string of the molecule is F[P-](F)(F)(F)(F)F.Fc1[c-]c(-c2ccc(F)cn2)cc(F)c1.Fc1ccc(-c2[c-]cc(F)cc2F)nc1.Fc1ccnc(-c2cc(F)ccn2)c1.[Ir+3]. The number of benzene rings is 2. The molecule has 4 heterocycles. The molecule has 0 spiro atoms. The third kappa shape index (κ3) is 16.9. The van der Waals surface area contributed by atoms with E-state index in [1.165, 1.54) is 54.9 Å². The summed E-state index contributed by atoms with van der Waals surface area (Å²) in [5.74, 6) is -4.85. The summed E-state index contributed by atoms with van der Waals surface area (Å²) in [7, 11) is -10.7. The van der Waals surface area contributed by atoms with Gasteiger partial charge in [0, 0.05) is 47.8 Å². The standard InChI is InChI=1S/2C11H5F3N.C10H6F2N2.F6P.Ir/c12-7-1-3-9(10(14)5-7)11-4-2-8(13)6-15-11;12-8-1-2-11(15-6-8)7-3-9(13)5-10(14)4-7;11-7-1-3-13-9(5-7)10-6-8(12)2-4-14-10;1-7(2,3,4,5)6;/h1-2,4-6H;1-3,5-6H;1-6H;;/q2*-1;;-1;+3. The van der Waals surface area contributed by atoms with Crippen molar-refractivity contribution in [2.24, 2.45) is 0 Å². The van der Waals surface area contributed by atoms with Crippen LogP contribution in [0.4, 0.5) is 60.3 Å². The van der Waals surface area contributed by atoms with Gasteiger partial charge in [-0.05, 0) is 35.7 Å². The van der Waals surface area contributed by atoms with Gasteiger partial charge >= 0.3 is 53.1 Å². The molecule has 0 aliphatic carbocycles. The van der Waals surface area contributed by atoms with Crippen molar-refractivity contribution in [1.82, 2.24) is 19.9 Å². The van der Waals surface area contributed by atoms with E-state index < -0.39 is 54.3 Å². The summed E-state index contributed by atoms with van der Waals surface area (Å²) in [5.41, 5.74) is 1.32. The van der Waals surface area contributed by atoms with Crippen LogP contribution in [0.3, 0.4) is 0 Å². The van der Waals surface area contributed by atoms with Crippen LogP contribution in [0.25, 0.3) is 33.9 Å². The first-order valence-corrected chi connectivity index (χ1v) is 15.3. The fourth-order valence-corrected chi connectivity index (χ4v) is 3.43. The van der Waals surface area contributed by atoms with E-state index in [1.807, 2.05) is 0 Å². The van der Waals surface area contributed by atoms with Crippen molar-refractivity contribution in [2.45, 2.75) is 0 Å². The molecule has 4 aromatic heterocycles. The van der Waals surface area contributed by atoms with Gasteiger partial charge in [0.15, 0.2) is 0 Å². The van der Waals surface area contributed by atoms with E-state index in [0.717, 1.165) is 36.7 Å². The molecule has 0 aliphatic rings. The molecule has 2 aromatic carbocycles. The Morgan fingerprint density at radius 3 is 1.35 bits per heavy atom. The quantitative estimate of drug-likeness (QED) is 0.101. The Bertz CT molecular complexity index is 2010. The predicted octanol–water partition coefficient (Wildman–Crippen LogP) is 11.7. The van der Waals surface area contributed by atoms with Gasteiger partial charge in [-0.2, -0.15) is 0 Å². The zero-order valence-electron chi connectivity index (χ0n) is 25.1. The van der Waals surface area contributed by atoms with Gasteiger partial charge in [0.25, 0.3) is 0 Å². The molecule has 6 rings (SSSR count). The summed E-state index contributed by atoms with van der Waals surface area (Å²) in [6, 6.07) is 18.1. The molecule has 276 valence electrons. The second-order valence-electron chi connectivity index (χ2n) is 9.50. The monoisotopic (exact) mass is 946 g/mol. The van der Waals surface area contributed by atoms with Crippen LogP contribution in [0.1, 0.15) is 0 Å². The maximum Gasteiger partial charge on any atom is 3.00 e. The van der Waals surface area contributed by atoms with Gasteiger partial charge < -0.3 is 9.97 Å². The first-order chi connectivity index (χ1) is 23.5. The number of pyridine rings is 4. The number of halogens is 14. The second-order valence-corrected chi connectivity index (χ2v) is 11.4. The molecular formula is C32H16F14IrN4P. The van der Waals surface area contributed by atoms with E-state index in [0.29, 0.717) is 17.5 Å². The van der Waals surface area contributed by atoms with Crippen LogP contribution in [-0.2, 0) is 20.1 Å². The summed E-state index contributed by atoms with van der Waals surface area (Å²) in [6.45, 7) is 0. The van der Waals surface area contributed by atoms with Gasteiger partial charge in [-0.15, -0.1) is 29.8 Å². The molecular weight excluding hydrogens is 930 g/mol. The van der Waals surface area contributed by atoms with Gasteiger partial charge in [-0.3, -0.25) is 18.7 Å². The van der Waals surface area contributed by atoms with Gasteiger partial charge in [0.2, 0.25) is 0 Å². The third-order valence-electron chi connectivity index (χ3n) is 5.35. The average Bonchev–Trinajstić information content (AvgIpc) is 3.01. The molecule has 4 nitrogen and oxygen atoms in total. The molecule has 20 heteroatoms. The van der Waals surface area contributed by atoms with Crippen molar-refractivity contribution in [2.75, 3.05) is 0 Å². The van der Waals surface area contributed by atoms with E-state index in [9.17, 15) is 60.3 Å². The van der Waals surface area contributed by atoms with Gasteiger partial charge in [0.05, 0.1) is 23.8 Å². The molecule has 0 bridgehead atoms. The van der Waals surface area contributed by atoms with Crippen LogP contribution in [-0.4, -0.2) is 19.9 Å². The Morgan fingerprint density at radius 1 is 0.462 bits per heavy atom. The van der Waals surface area contributed by atoms with Gasteiger partial charge in [0.1, 0.15) is 23.3 Å². The zero-order valence-corrected chi connectivity index (χ0v) is 28.4. The predicted molar refractivity (Wildman–Crippen MR) is 158 cm³/mol. The van der Waals surface area contributed by atoms with Crippen molar-refractivity contribution in [3.63, 3.8) is 0 Å². The Morgan fingerprint density at radius 2 is 0.942 bits per heavy atom. The van der Waals surface area contributed by atoms with E-state index in [-0.39, 0.29) is 42.6 Å². The van der Waals surface area contributed by atoms with E-state index >= 15 is 0 Å². The largest absolute Gasteiger partial charge is 3.00 e. The van der Waals surface area contributed by atoms with Crippen LogP contribution in [0.5, 0.6) is 0 Å². The molecule has 0 saturated carbocycles. The second kappa shape index (κ2) is 17.1. The number of hydrogen-bond acceptors (Lipinski definition) is 4. The smallest absolute Gasteiger partial charge is 0.302 e. The topological polar surface area (TPSA) is 51.6 Å². The molecule has 0 saturated heterocycles. The Labute approximate surface area is 297 Å². The minimum absolute atomic E-state index is 0. The summed E-state index contributed by atoms with van der Waals surface area (Å²) >= 11 is 0. The van der Waals surface area contributed by atoms with Crippen LogP contribution in [0.2, 0.25) is 0 Å². The molecule has 6 aromatic rings. The fraction of sp³-hybridized carbons (Fsp3) is 0. The van der Waals surface area contributed by atoms with Crippen molar-refractivity contribution < 1.29 is 80.4 Å². The fourth-order valence-electron chi connectivity index (χ4n) is 3.43. The average molecular weight is 946 g/mol. The number of rotatable bonds is 3. The van der Waals surface area contributed by atoms with Crippen LogP contribution in [0.15, 0.2) is 97.6 Å². The molecule has 52 heavy (non-hydrogen) atoms. The van der Waals surface area contributed by atoms with Crippen molar-refractivity contribution in [1.29, 1.82) is 0 Å².